The van der Waals surface area contributed by atoms with Crippen molar-refractivity contribution in [3.63, 3.8) is 0 Å². The maximum absolute atomic E-state index is 14.6. The summed E-state index contributed by atoms with van der Waals surface area (Å²) in [6.45, 7) is -0.287. The monoisotopic (exact) mass is 1090 g/mol. The Balaban J connectivity index is 1.71. The number of hydrogen-bond donors (Lipinski definition) is 15. The van der Waals surface area contributed by atoms with Crippen molar-refractivity contribution in [2.24, 2.45) is 28.7 Å². The third-order valence-electron chi connectivity index (χ3n) is 11.8. The van der Waals surface area contributed by atoms with Gasteiger partial charge in [-0.3, -0.25) is 69.2 Å². The number of rotatable bonds is 19. The lowest BCUT2D eigenvalue weighted by Crippen LogP contribution is -2.78. The number of benzene rings is 2. The molecule has 27 nitrogen and oxygen atoms in total. The normalized spacial score (nSPS) is 22.6. The number of hydrogen-bond acceptors (Lipinski definition) is 14. The van der Waals surface area contributed by atoms with Gasteiger partial charge in [-0.25, -0.2) is 0 Å². The zero-order valence-corrected chi connectivity index (χ0v) is 42.6. The second-order valence-corrected chi connectivity index (χ2v) is 20.3. The van der Waals surface area contributed by atoms with Crippen LogP contribution in [0.2, 0.25) is 0 Å². The van der Waals surface area contributed by atoms with Crippen molar-refractivity contribution in [2.75, 3.05) is 31.1 Å². The number of nitrogens with two attached hydrogens (primary N) is 5. The highest BCUT2D eigenvalue weighted by Gasteiger charge is 2.41. The summed E-state index contributed by atoms with van der Waals surface area (Å²) in [4.78, 5) is 152. The number of guanidine groups is 1. The van der Waals surface area contributed by atoms with E-state index in [-0.39, 0.29) is 68.4 Å². The molecule has 2 aromatic carbocycles. The van der Waals surface area contributed by atoms with E-state index < -0.39 is 139 Å². The maximum Gasteiger partial charge on any atom is 0.338 e. The number of nitrogens with zero attached hydrogens (tertiary/aromatic N) is 1. The molecule has 0 aromatic heterocycles. The molecule has 8 atom stereocenters. The lowest BCUT2D eigenvalue weighted by atomic mass is 10.0. The summed E-state index contributed by atoms with van der Waals surface area (Å²) in [6.07, 6.45) is -1.19. The predicted octanol–water partition coefficient (Wildman–Crippen LogP) is -8.04. The highest BCUT2D eigenvalue weighted by molar-refractivity contribution is 8.76. The van der Waals surface area contributed by atoms with E-state index in [0.29, 0.717) is 17.5 Å². The minimum absolute atomic E-state index is 0.00956. The van der Waals surface area contributed by atoms with Crippen LogP contribution in [0.15, 0.2) is 54.6 Å². The highest BCUT2D eigenvalue weighted by atomic mass is 33.1. The molecule has 2 aromatic rings. The second-order valence-electron chi connectivity index (χ2n) is 17.8. The summed E-state index contributed by atoms with van der Waals surface area (Å²) in [5.74, 6) is -9.97. The first kappa shape index (κ1) is 59.9. The van der Waals surface area contributed by atoms with Crippen LogP contribution in [0.25, 0.3) is 0 Å². The summed E-state index contributed by atoms with van der Waals surface area (Å²) < 4.78 is 0. The Hall–Kier alpha value is -7.66. The molecule has 0 saturated carbocycles. The first-order valence-corrected chi connectivity index (χ1v) is 26.4. The van der Waals surface area contributed by atoms with Crippen LogP contribution in [0.5, 0.6) is 5.75 Å². The molecule has 2 saturated heterocycles. The Labute approximate surface area is 439 Å². The van der Waals surface area contributed by atoms with Crippen LogP contribution in [-0.2, 0) is 65.6 Å². The molecule has 0 aliphatic carbocycles. The van der Waals surface area contributed by atoms with Crippen LogP contribution in [0.3, 0.4) is 0 Å². The lowest BCUT2D eigenvalue weighted by molar-refractivity contribution is -0.459. The average Bonchev–Trinajstić information content (AvgIpc) is 3.86. The van der Waals surface area contributed by atoms with Gasteiger partial charge in [-0.15, -0.1) is 0 Å². The number of phenols is 1. The van der Waals surface area contributed by atoms with Gasteiger partial charge in [-0.1, -0.05) is 64.1 Å². The second kappa shape index (κ2) is 29.9. The molecule has 0 radical (unpaired) electrons. The minimum Gasteiger partial charge on any atom is -0.508 e. The molecule has 2 aliphatic heterocycles. The third-order valence-corrected chi connectivity index (χ3v) is 14.2. The molecule has 75 heavy (non-hydrogen) atoms. The number of carbonyl (C=O) groups is 11. The number of aromatic hydroxyl groups is 1. The van der Waals surface area contributed by atoms with E-state index in [2.05, 4.69) is 47.9 Å². The van der Waals surface area contributed by atoms with E-state index in [1.54, 1.807) is 42.5 Å². The van der Waals surface area contributed by atoms with Gasteiger partial charge < -0.3 is 70.2 Å². The Kier molecular flexibility index (Phi) is 23.9. The molecule has 2 fully saturated rings. The van der Waals surface area contributed by atoms with Gasteiger partial charge in [-0.05, 0) is 55.4 Å². The fraction of sp³-hybridized carbons (Fsp3) is 0.478. The Bertz CT molecular complexity index is 2420. The Morgan fingerprint density at radius 2 is 1.29 bits per heavy atom. The number of carbonyl (C=O) groups excluding carboxylic acids is 11. The van der Waals surface area contributed by atoms with Gasteiger partial charge in [0.1, 0.15) is 48.0 Å². The van der Waals surface area contributed by atoms with Gasteiger partial charge in [-0.2, -0.15) is 0 Å². The molecule has 2 heterocycles. The summed E-state index contributed by atoms with van der Waals surface area (Å²) in [5.41, 5.74) is 32.2. The first-order chi connectivity index (χ1) is 35.6. The summed E-state index contributed by atoms with van der Waals surface area (Å²) in [5, 5.41) is 27.8. The zero-order chi connectivity index (χ0) is 55.2. The molecule has 22 N–H and O–H groups in total. The number of quaternary nitrogens is 1. The van der Waals surface area contributed by atoms with E-state index in [0.717, 1.165) is 21.6 Å². The highest BCUT2D eigenvalue weighted by Crippen LogP contribution is 2.26. The Morgan fingerprint density at radius 1 is 0.720 bits per heavy atom. The summed E-state index contributed by atoms with van der Waals surface area (Å²) >= 11 is 0. The molecule has 0 unspecified atom stereocenters. The molecule has 4 rings (SSSR count). The van der Waals surface area contributed by atoms with E-state index in [9.17, 15) is 57.8 Å². The fourth-order valence-electron chi connectivity index (χ4n) is 7.85. The standard InChI is InChI=1S/C46H65N15O12S2/c47-27-22-74-75-23-33(45(73)61-17-5-9-34(61)44(72)56-28(8-4-16-53-46(51)52)39(67)54-21-37(50)65)60-43(71)32(20-36(49)64)59-40(68)29(14-15-35(48)63)55-41(69)31(18-24-6-2-1-3-7-24)58-42(70)30(57-38(27)66)19-25-10-12-26(62)13-11-25/h1-3,6-7,10-13,27-34,62H,4-5,8-9,14-23,47H2,(H2,48,63)(H2,49,64)(H2,50,65)(H,54,67)(H,55,69)(H,56,72)(H,57,66)(H,58,70)(H,59,68)(H,60,71)(H4,51,52,53)/p+2/t27-,28-,29-,30-,31-,32-,33-,34-/m0/s1. The number of phenolic OH excluding ortho intramolecular Hbond substituents is 1. The van der Waals surface area contributed by atoms with Gasteiger partial charge in [0, 0.05) is 31.6 Å². The van der Waals surface area contributed by atoms with Gasteiger partial charge in [0.15, 0.2) is 6.04 Å². The molecule has 2 aliphatic rings. The van der Waals surface area contributed by atoms with E-state index in [4.69, 9.17) is 28.7 Å². The summed E-state index contributed by atoms with van der Waals surface area (Å²) in [7, 11) is 2.10. The quantitative estimate of drug-likeness (QED) is 0.0269. The van der Waals surface area contributed by atoms with Gasteiger partial charge in [0.05, 0.1) is 25.3 Å². The molecule has 11 amide bonds. The smallest absolute Gasteiger partial charge is 0.338 e. The summed E-state index contributed by atoms with van der Waals surface area (Å²) in [6, 6.07) is 3.30. The Morgan fingerprint density at radius 3 is 1.91 bits per heavy atom. The minimum atomic E-state index is -1.78. The van der Waals surface area contributed by atoms with E-state index in [1.807, 2.05) is 0 Å². The molecular formula is C46H67N15O12S2+2. The van der Waals surface area contributed by atoms with Gasteiger partial charge in [0.25, 0.3) is 5.91 Å². The molecule has 29 heteroatoms. The third kappa shape index (κ3) is 20.3. The number of likely N-dealkylation sites (tertiary alicyclic amines) is 1. The molecular weight excluding hydrogens is 1020 g/mol. The maximum atomic E-state index is 14.6. The number of amides is 11. The number of primary amides is 3. The largest absolute Gasteiger partial charge is 0.508 e. The van der Waals surface area contributed by atoms with Crippen LogP contribution in [0.1, 0.15) is 56.1 Å². The first-order valence-electron chi connectivity index (χ1n) is 23.9. The van der Waals surface area contributed by atoms with Crippen LogP contribution in [0.4, 0.5) is 0 Å². The molecule has 408 valence electrons. The van der Waals surface area contributed by atoms with Crippen LogP contribution >= 0.6 is 21.6 Å². The van der Waals surface area contributed by atoms with Crippen LogP contribution in [0, 0.1) is 0 Å². The van der Waals surface area contributed by atoms with Crippen molar-refractivity contribution < 1.29 is 68.6 Å². The van der Waals surface area contributed by atoms with E-state index in [1.165, 1.54) is 17.0 Å². The average molecular weight is 1090 g/mol. The lowest BCUT2D eigenvalue weighted by Gasteiger charge is -2.31. The van der Waals surface area contributed by atoms with Crippen LogP contribution < -0.4 is 76.6 Å². The number of nitrogens with one attached hydrogen (secondary N) is 8. The topological polar surface area (TPSA) is 467 Å². The van der Waals surface area contributed by atoms with Gasteiger partial charge in [0.2, 0.25) is 59.1 Å². The predicted molar refractivity (Wildman–Crippen MR) is 273 cm³/mol. The fourth-order valence-corrected chi connectivity index (χ4v) is 10.2. The van der Waals surface area contributed by atoms with Crippen molar-refractivity contribution in [3.05, 3.63) is 65.7 Å². The van der Waals surface area contributed by atoms with Crippen molar-refractivity contribution in [2.45, 2.75) is 106 Å². The van der Waals surface area contributed by atoms with Crippen LogP contribution in [-0.4, -0.2) is 160 Å². The van der Waals surface area contributed by atoms with Crippen molar-refractivity contribution in [3.8, 4) is 5.75 Å². The molecule has 0 bridgehead atoms. The van der Waals surface area contributed by atoms with E-state index >= 15 is 0 Å². The SMILES string of the molecule is NC(=O)CC[C@@H]1NC(=O)[C@H](Cc2ccccc2)NC(=O)[C@H](Cc2ccc(O)cc2)NC(=O)[C@@H]([NH3+])CSSC[C@@H](C(=O)N2CCC[C@H]2C(=O)N[C@@H](CCC[NH+]=C(N)N)C(=O)NCC(N)=O)NC(=O)[C@H](CC(N)=O)NC1=O. The van der Waals surface area contributed by atoms with Crippen molar-refractivity contribution in [1.29, 1.82) is 0 Å². The van der Waals surface area contributed by atoms with Gasteiger partial charge >= 0.3 is 5.96 Å². The molecule has 0 spiro atoms. The van der Waals surface area contributed by atoms with Crippen molar-refractivity contribution in [1.82, 2.24) is 42.1 Å². The van der Waals surface area contributed by atoms with Crippen molar-refractivity contribution >= 4 is 92.5 Å². The zero-order valence-electron chi connectivity index (χ0n) is 41.0.